The quantitative estimate of drug-likeness (QED) is 0.338. The van der Waals surface area contributed by atoms with E-state index in [1.807, 2.05) is 54.6 Å². The Morgan fingerprint density at radius 3 is 2.58 bits per heavy atom. The zero-order chi connectivity index (χ0) is 21.8. The largest absolute Gasteiger partial charge is 0.493 e. The number of methoxy groups -OCH3 is 1. The molecule has 6 heteroatoms. The van der Waals surface area contributed by atoms with Crippen LogP contribution in [0.1, 0.15) is 22.3 Å². The van der Waals surface area contributed by atoms with E-state index in [-0.39, 0.29) is 11.6 Å². The van der Waals surface area contributed by atoms with Gasteiger partial charge >= 0.3 is 5.97 Å². The van der Waals surface area contributed by atoms with E-state index in [1.165, 1.54) is 5.56 Å². The molecule has 0 spiro atoms. The number of nitrogens with zero attached hydrogens (tertiary/aromatic N) is 1. The normalized spacial score (nSPS) is 14.4. The van der Waals surface area contributed by atoms with Crippen molar-refractivity contribution in [1.29, 1.82) is 0 Å². The van der Waals surface area contributed by atoms with Crippen LogP contribution in [0, 0.1) is 6.92 Å². The Bertz CT molecular complexity index is 1200. The molecule has 4 rings (SSSR count). The van der Waals surface area contributed by atoms with E-state index in [9.17, 15) is 4.79 Å². The zero-order valence-corrected chi connectivity index (χ0v) is 18.7. The molecule has 3 aromatic carbocycles. The van der Waals surface area contributed by atoms with Gasteiger partial charge in [0.25, 0.3) is 0 Å². The minimum atomic E-state index is -0.496. The molecule has 1 heterocycles. The fraction of sp³-hybridized carbons (Fsp3) is 0.120. The maximum absolute atomic E-state index is 12.3. The third-order valence-electron chi connectivity index (χ3n) is 4.86. The zero-order valence-electron chi connectivity index (χ0n) is 17.1. The average molecular weight is 478 g/mol. The Morgan fingerprint density at radius 2 is 1.81 bits per heavy atom. The highest BCUT2D eigenvalue weighted by molar-refractivity contribution is 9.10. The van der Waals surface area contributed by atoms with Crippen LogP contribution in [0.5, 0.6) is 11.5 Å². The molecule has 3 aromatic rings. The second-order valence-corrected chi connectivity index (χ2v) is 7.80. The van der Waals surface area contributed by atoms with Crippen molar-refractivity contribution in [3.8, 4) is 11.5 Å². The van der Waals surface area contributed by atoms with E-state index in [1.54, 1.807) is 19.3 Å². The molecule has 0 N–H and O–H groups in total. The maximum atomic E-state index is 12.3. The summed E-state index contributed by atoms with van der Waals surface area (Å²) < 4.78 is 17.6. The second-order valence-electron chi connectivity index (χ2n) is 6.94. The van der Waals surface area contributed by atoms with Gasteiger partial charge in [-0.25, -0.2) is 9.79 Å². The van der Waals surface area contributed by atoms with Crippen LogP contribution < -0.4 is 9.47 Å². The highest BCUT2D eigenvalue weighted by atomic mass is 79.9. The maximum Gasteiger partial charge on any atom is 0.363 e. The van der Waals surface area contributed by atoms with Gasteiger partial charge in [0.15, 0.2) is 17.2 Å². The van der Waals surface area contributed by atoms with E-state index in [2.05, 4.69) is 33.9 Å². The molecule has 1 aliphatic heterocycles. The van der Waals surface area contributed by atoms with Crippen molar-refractivity contribution in [3.63, 3.8) is 0 Å². The molecule has 0 saturated carbocycles. The summed E-state index contributed by atoms with van der Waals surface area (Å²) >= 11 is 3.45. The van der Waals surface area contributed by atoms with Gasteiger partial charge in [-0.3, -0.25) is 0 Å². The lowest BCUT2D eigenvalue weighted by molar-refractivity contribution is -0.129. The standard InChI is InChI=1S/C25H20BrNO4/c1-16-7-3-4-8-18(16)15-30-22-12-11-17(14-23(22)29-2)13-21-25(28)31-24(27-21)19-9-5-6-10-20(19)26/h3-14H,15H2,1-2H3/b21-13-. The molecule has 0 saturated heterocycles. The van der Waals surface area contributed by atoms with Gasteiger partial charge in [-0.1, -0.05) is 42.5 Å². The minimum absolute atomic E-state index is 0.224. The van der Waals surface area contributed by atoms with E-state index >= 15 is 0 Å². The molecule has 0 fully saturated rings. The van der Waals surface area contributed by atoms with Crippen LogP contribution >= 0.6 is 15.9 Å². The van der Waals surface area contributed by atoms with E-state index in [4.69, 9.17) is 14.2 Å². The SMILES string of the molecule is COc1cc(/C=C2\N=C(c3ccccc3Br)OC2=O)ccc1OCc1ccccc1C. The first-order valence-corrected chi connectivity index (χ1v) is 10.5. The Hall–Kier alpha value is -3.38. The van der Waals surface area contributed by atoms with Crippen LogP contribution in [0.2, 0.25) is 0 Å². The van der Waals surface area contributed by atoms with Crippen molar-refractivity contribution in [1.82, 2.24) is 0 Å². The summed E-state index contributed by atoms with van der Waals surface area (Å²) in [6.45, 7) is 2.49. The van der Waals surface area contributed by atoms with Crippen LogP contribution in [-0.4, -0.2) is 19.0 Å². The Labute approximate surface area is 189 Å². The number of hydrogen-bond acceptors (Lipinski definition) is 5. The minimum Gasteiger partial charge on any atom is -0.493 e. The molecule has 0 amide bonds. The lowest BCUT2D eigenvalue weighted by Gasteiger charge is -2.12. The third-order valence-corrected chi connectivity index (χ3v) is 5.55. The van der Waals surface area contributed by atoms with Gasteiger partial charge in [0.1, 0.15) is 6.61 Å². The highest BCUT2D eigenvalue weighted by Gasteiger charge is 2.25. The fourth-order valence-corrected chi connectivity index (χ4v) is 3.59. The Kier molecular flexibility index (Phi) is 6.18. The summed E-state index contributed by atoms with van der Waals surface area (Å²) in [5.41, 5.74) is 3.97. The van der Waals surface area contributed by atoms with Crippen molar-refractivity contribution in [3.05, 3.63) is 99.2 Å². The number of cyclic esters (lactones) is 1. The lowest BCUT2D eigenvalue weighted by Crippen LogP contribution is -2.05. The van der Waals surface area contributed by atoms with E-state index < -0.39 is 5.97 Å². The molecular formula is C25H20BrNO4. The van der Waals surface area contributed by atoms with Crippen LogP contribution in [0.15, 0.2) is 81.9 Å². The topological polar surface area (TPSA) is 57.1 Å². The number of carbonyl (C=O) groups excluding carboxylic acids is 1. The van der Waals surface area contributed by atoms with Gasteiger partial charge in [0.05, 0.1) is 12.7 Å². The number of carbonyl (C=O) groups is 1. The molecule has 0 aromatic heterocycles. The first-order chi connectivity index (χ1) is 15.0. The summed E-state index contributed by atoms with van der Waals surface area (Å²) in [6, 6.07) is 21.0. The number of aliphatic imine (C=N–C) groups is 1. The number of halogens is 1. The van der Waals surface area contributed by atoms with E-state index in [0.717, 1.165) is 21.2 Å². The van der Waals surface area contributed by atoms with Gasteiger partial charge in [-0.05, 0) is 69.9 Å². The molecule has 1 aliphatic rings. The molecule has 156 valence electrons. The predicted octanol–water partition coefficient (Wildman–Crippen LogP) is 5.69. The molecule has 0 atom stereocenters. The number of rotatable bonds is 6. The van der Waals surface area contributed by atoms with Crippen molar-refractivity contribution in [2.75, 3.05) is 7.11 Å². The fourth-order valence-electron chi connectivity index (χ4n) is 3.14. The van der Waals surface area contributed by atoms with Gasteiger partial charge in [-0.15, -0.1) is 0 Å². The Balaban J connectivity index is 1.56. The first-order valence-electron chi connectivity index (χ1n) is 9.68. The number of aryl methyl sites for hydroxylation is 1. The monoisotopic (exact) mass is 477 g/mol. The van der Waals surface area contributed by atoms with Crippen LogP contribution in [0.25, 0.3) is 6.08 Å². The van der Waals surface area contributed by atoms with E-state index in [0.29, 0.717) is 18.1 Å². The van der Waals surface area contributed by atoms with Crippen molar-refractivity contribution >= 4 is 33.9 Å². The van der Waals surface area contributed by atoms with Crippen molar-refractivity contribution in [2.24, 2.45) is 4.99 Å². The number of esters is 1. The first kappa shape index (κ1) is 20.9. The summed E-state index contributed by atoms with van der Waals surface area (Å²) in [5.74, 6) is 0.974. The van der Waals surface area contributed by atoms with Gasteiger partial charge < -0.3 is 14.2 Å². The van der Waals surface area contributed by atoms with Crippen molar-refractivity contribution < 1.29 is 19.0 Å². The molecule has 5 nitrogen and oxygen atoms in total. The molecular weight excluding hydrogens is 458 g/mol. The smallest absolute Gasteiger partial charge is 0.363 e. The summed E-state index contributed by atoms with van der Waals surface area (Å²) in [7, 11) is 1.58. The van der Waals surface area contributed by atoms with Gasteiger partial charge in [-0.2, -0.15) is 0 Å². The molecule has 31 heavy (non-hydrogen) atoms. The number of benzene rings is 3. The average Bonchev–Trinajstić information content (AvgIpc) is 3.13. The predicted molar refractivity (Wildman–Crippen MR) is 123 cm³/mol. The van der Waals surface area contributed by atoms with Crippen LogP contribution in [-0.2, 0) is 16.1 Å². The number of hydrogen-bond donors (Lipinski definition) is 0. The molecule has 0 unspecified atom stereocenters. The summed E-state index contributed by atoms with van der Waals surface area (Å²) in [6.07, 6.45) is 1.67. The molecule has 0 aliphatic carbocycles. The number of ether oxygens (including phenoxy) is 3. The summed E-state index contributed by atoms with van der Waals surface area (Å²) in [4.78, 5) is 16.7. The second kappa shape index (κ2) is 9.18. The Morgan fingerprint density at radius 1 is 1.03 bits per heavy atom. The van der Waals surface area contributed by atoms with Crippen molar-refractivity contribution in [2.45, 2.75) is 13.5 Å². The summed E-state index contributed by atoms with van der Waals surface area (Å²) in [5, 5.41) is 0. The lowest BCUT2D eigenvalue weighted by atomic mass is 10.1. The van der Waals surface area contributed by atoms with Crippen LogP contribution in [0.3, 0.4) is 0 Å². The molecule has 0 bridgehead atoms. The molecule has 0 radical (unpaired) electrons. The third kappa shape index (κ3) is 4.70. The highest BCUT2D eigenvalue weighted by Crippen LogP contribution is 2.31. The van der Waals surface area contributed by atoms with Gasteiger partial charge in [0.2, 0.25) is 5.90 Å². The van der Waals surface area contributed by atoms with Gasteiger partial charge in [0, 0.05) is 4.47 Å². The van der Waals surface area contributed by atoms with Crippen LogP contribution in [0.4, 0.5) is 0 Å².